The number of aliphatic hydroxyl groups excluding tert-OH is 1. The summed E-state index contributed by atoms with van der Waals surface area (Å²) >= 11 is 1.35. The molecule has 27 heavy (non-hydrogen) atoms. The van der Waals surface area contributed by atoms with Crippen molar-refractivity contribution in [1.29, 1.82) is 0 Å². The van der Waals surface area contributed by atoms with E-state index in [1.807, 2.05) is 6.20 Å². The maximum absolute atomic E-state index is 15.3. The Morgan fingerprint density at radius 2 is 2.00 bits per heavy atom. The van der Waals surface area contributed by atoms with Gasteiger partial charge in [-0.3, -0.25) is 0 Å². The van der Waals surface area contributed by atoms with Crippen LogP contribution in [0.15, 0.2) is 36.5 Å². The molecule has 0 radical (unpaired) electrons. The van der Waals surface area contributed by atoms with Crippen molar-refractivity contribution in [3.63, 3.8) is 0 Å². The first kappa shape index (κ1) is 16.6. The van der Waals surface area contributed by atoms with E-state index in [0.29, 0.717) is 28.3 Å². The molecule has 0 spiro atoms. The second-order valence-corrected chi connectivity index (χ2v) is 7.64. The van der Waals surface area contributed by atoms with E-state index < -0.39 is 0 Å². The van der Waals surface area contributed by atoms with Crippen molar-refractivity contribution in [3.05, 3.63) is 53.5 Å². The number of aliphatic hydroxyl groups is 1. The van der Waals surface area contributed by atoms with E-state index in [4.69, 9.17) is 9.72 Å². The Labute approximate surface area is 159 Å². The van der Waals surface area contributed by atoms with Crippen LogP contribution in [0.4, 0.5) is 4.39 Å². The van der Waals surface area contributed by atoms with Crippen LogP contribution in [0.2, 0.25) is 0 Å². The molecule has 0 saturated heterocycles. The quantitative estimate of drug-likeness (QED) is 0.540. The van der Waals surface area contributed by atoms with Crippen molar-refractivity contribution in [2.45, 2.75) is 25.4 Å². The third kappa shape index (κ3) is 2.59. The van der Waals surface area contributed by atoms with Crippen molar-refractivity contribution in [3.8, 4) is 16.9 Å². The van der Waals surface area contributed by atoms with Crippen LogP contribution in [-0.2, 0) is 6.61 Å². The maximum atomic E-state index is 15.3. The number of aromatic nitrogens is 2. The summed E-state index contributed by atoms with van der Waals surface area (Å²) < 4.78 is 25.2. The van der Waals surface area contributed by atoms with Crippen molar-refractivity contribution >= 4 is 32.7 Å². The summed E-state index contributed by atoms with van der Waals surface area (Å²) in [5.41, 5.74) is 3.69. The fraction of sp³-hybridized carbons (Fsp3) is 0.238. The summed E-state index contributed by atoms with van der Waals surface area (Å²) in [6.07, 6.45) is 4.06. The maximum Gasteiger partial charge on any atom is 0.155 e. The monoisotopic (exact) mass is 380 g/mol. The van der Waals surface area contributed by atoms with Gasteiger partial charge in [0.05, 0.1) is 25.5 Å². The summed E-state index contributed by atoms with van der Waals surface area (Å²) in [4.78, 5) is 5.62. The molecule has 0 bridgehead atoms. The number of rotatable bonds is 4. The lowest BCUT2D eigenvalue weighted by Gasteiger charge is -2.15. The molecule has 0 aliphatic heterocycles. The van der Waals surface area contributed by atoms with Crippen LogP contribution < -0.4 is 4.74 Å². The number of methoxy groups -OCH3 is 1. The van der Waals surface area contributed by atoms with Crippen LogP contribution in [0.25, 0.3) is 32.2 Å². The molecule has 1 fully saturated rings. The molecule has 6 heteroatoms. The molecule has 1 aliphatic carbocycles. The van der Waals surface area contributed by atoms with Crippen molar-refractivity contribution in [2.75, 3.05) is 7.11 Å². The molecular weight excluding hydrogens is 363 g/mol. The normalized spacial score (nSPS) is 14.2. The number of hydrogen-bond donors (Lipinski definition) is 1. The highest BCUT2D eigenvalue weighted by Crippen LogP contribution is 2.49. The predicted molar refractivity (Wildman–Crippen MR) is 105 cm³/mol. The second-order valence-electron chi connectivity index (χ2n) is 6.86. The first-order valence-corrected chi connectivity index (χ1v) is 9.63. The summed E-state index contributed by atoms with van der Waals surface area (Å²) in [6.45, 7) is -0.0483. The smallest absolute Gasteiger partial charge is 0.155 e. The van der Waals surface area contributed by atoms with E-state index in [0.717, 1.165) is 39.6 Å². The Balaban J connectivity index is 1.84. The summed E-state index contributed by atoms with van der Waals surface area (Å²) in [5, 5.41) is 11.1. The number of nitrogens with zero attached hydrogens (tertiary/aromatic N) is 2. The van der Waals surface area contributed by atoms with E-state index in [2.05, 4.69) is 4.37 Å². The van der Waals surface area contributed by atoms with Gasteiger partial charge in [0, 0.05) is 10.8 Å². The average Bonchev–Trinajstić information content (AvgIpc) is 3.42. The fourth-order valence-corrected chi connectivity index (χ4v) is 4.39. The highest BCUT2D eigenvalue weighted by Gasteiger charge is 2.30. The third-order valence-corrected chi connectivity index (χ3v) is 5.86. The summed E-state index contributed by atoms with van der Waals surface area (Å²) in [5.74, 6) is 0.550. The van der Waals surface area contributed by atoms with Crippen molar-refractivity contribution in [1.82, 2.24) is 9.36 Å². The van der Waals surface area contributed by atoms with Gasteiger partial charge < -0.3 is 9.84 Å². The third-order valence-electron chi connectivity index (χ3n) is 5.17. The van der Waals surface area contributed by atoms with Gasteiger partial charge in [-0.15, -0.1) is 0 Å². The summed E-state index contributed by atoms with van der Waals surface area (Å²) in [7, 11) is 1.55. The lowest BCUT2D eigenvalue weighted by molar-refractivity contribution is 0.282. The van der Waals surface area contributed by atoms with Crippen LogP contribution >= 0.6 is 11.5 Å². The van der Waals surface area contributed by atoms with E-state index in [1.165, 1.54) is 11.5 Å². The van der Waals surface area contributed by atoms with Gasteiger partial charge in [0.15, 0.2) is 5.75 Å². The van der Waals surface area contributed by atoms with Gasteiger partial charge >= 0.3 is 0 Å². The topological polar surface area (TPSA) is 55.2 Å². The SMILES string of the molecule is COc1c(-c2ccc(CO)cc2)c(F)cc2c(C3CC3)c3cnsc3nc12. The number of pyridine rings is 1. The highest BCUT2D eigenvalue weighted by molar-refractivity contribution is 7.12. The molecule has 1 saturated carbocycles. The van der Waals surface area contributed by atoms with Crippen molar-refractivity contribution < 1.29 is 14.2 Å². The van der Waals surface area contributed by atoms with Crippen LogP contribution in [0.1, 0.15) is 29.9 Å². The van der Waals surface area contributed by atoms with Gasteiger partial charge in [-0.2, -0.15) is 4.37 Å². The number of ether oxygens (including phenoxy) is 1. The Bertz CT molecular complexity index is 1170. The largest absolute Gasteiger partial charge is 0.494 e. The van der Waals surface area contributed by atoms with Gasteiger partial charge in [-0.1, -0.05) is 24.3 Å². The van der Waals surface area contributed by atoms with E-state index in [9.17, 15) is 5.11 Å². The minimum Gasteiger partial charge on any atom is -0.494 e. The predicted octanol–water partition coefficient (Wildman–Crippen LogP) is 5.03. The molecule has 1 N–H and O–H groups in total. The Morgan fingerprint density at radius 3 is 2.67 bits per heavy atom. The molecule has 5 rings (SSSR count). The highest BCUT2D eigenvalue weighted by atomic mass is 32.1. The van der Waals surface area contributed by atoms with Crippen LogP contribution in [0.5, 0.6) is 5.75 Å². The molecule has 4 aromatic rings. The second kappa shape index (κ2) is 6.25. The molecular formula is C21H17FN2O2S. The molecule has 2 aromatic heterocycles. The molecule has 2 aromatic carbocycles. The molecule has 0 amide bonds. The van der Waals surface area contributed by atoms with Gasteiger partial charge in [0.25, 0.3) is 0 Å². The summed E-state index contributed by atoms with van der Waals surface area (Å²) in [6, 6.07) is 8.75. The molecule has 2 heterocycles. The van der Waals surface area contributed by atoms with E-state index in [1.54, 1.807) is 37.4 Å². The Hall–Kier alpha value is -2.57. The van der Waals surface area contributed by atoms with Crippen molar-refractivity contribution in [2.24, 2.45) is 0 Å². The first-order valence-electron chi connectivity index (χ1n) is 8.86. The van der Waals surface area contributed by atoms with Gasteiger partial charge in [0.1, 0.15) is 16.2 Å². The standard InChI is InChI=1S/C21H17FN2O2S/c1-26-20-18(13-4-2-11(10-25)3-5-13)16(22)8-14-17(12-6-7-12)15-9-23-27-21(15)24-19(14)20/h2-5,8-9,12,25H,6-7,10H2,1H3. The number of fused-ring (bicyclic) bond motifs is 2. The lowest BCUT2D eigenvalue weighted by atomic mass is 9.96. The van der Waals surface area contributed by atoms with E-state index >= 15 is 4.39 Å². The molecule has 0 unspecified atom stereocenters. The van der Waals surface area contributed by atoms with Gasteiger partial charge in [0.2, 0.25) is 0 Å². The molecule has 136 valence electrons. The molecule has 0 atom stereocenters. The first-order chi connectivity index (χ1) is 13.2. The minimum atomic E-state index is -0.331. The zero-order valence-corrected chi connectivity index (χ0v) is 15.5. The number of hydrogen-bond acceptors (Lipinski definition) is 5. The molecule has 4 nitrogen and oxygen atoms in total. The lowest BCUT2D eigenvalue weighted by Crippen LogP contribution is -1.98. The van der Waals surface area contributed by atoms with Gasteiger partial charge in [-0.05, 0) is 53.0 Å². The number of halogens is 1. The van der Waals surface area contributed by atoms with Crippen LogP contribution in [-0.4, -0.2) is 21.6 Å². The van der Waals surface area contributed by atoms with Gasteiger partial charge in [-0.25, -0.2) is 9.37 Å². The number of benzene rings is 2. The van der Waals surface area contributed by atoms with E-state index in [-0.39, 0.29) is 12.4 Å². The Kier molecular flexibility index (Phi) is 3.84. The average molecular weight is 380 g/mol. The minimum absolute atomic E-state index is 0.0483. The fourth-order valence-electron chi connectivity index (χ4n) is 3.73. The molecule has 1 aliphatic rings. The van der Waals surface area contributed by atoms with Crippen LogP contribution in [0.3, 0.4) is 0 Å². The van der Waals surface area contributed by atoms with Crippen LogP contribution in [0, 0.1) is 5.82 Å². The Morgan fingerprint density at radius 1 is 1.22 bits per heavy atom. The zero-order valence-electron chi connectivity index (χ0n) is 14.7. The zero-order chi connectivity index (χ0) is 18.5.